The molecule has 1 aromatic rings. The Balaban J connectivity index is 2.67. The molecule has 5 heteroatoms. The van der Waals surface area contributed by atoms with Crippen LogP contribution in [0.5, 0.6) is 0 Å². The van der Waals surface area contributed by atoms with Crippen molar-refractivity contribution < 1.29 is 13.9 Å². The van der Waals surface area contributed by atoms with Crippen LogP contribution in [0.2, 0.25) is 5.02 Å². The molecule has 0 spiro atoms. The third-order valence-corrected chi connectivity index (χ3v) is 2.89. The Kier molecular flexibility index (Phi) is 6.25. The van der Waals surface area contributed by atoms with E-state index in [1.54, 1.807) is 6.07 Å². The molecule has 0 amide bonds. The van der Waals surface area contributed by atoms with Crippen LogP contribution in [0, 0.1) is 11.7 Å². The van der Waals surface area contributed by atoms with Crippen LogP contribution in [0.15, 0.2) is 18.2 Å². The number of hydrogen-bond donors (Lipinski definition) is 1. The van der Waals surface area contributed by atoms with E-state index in [1.165, 1.54) is 19.2 Å². The van der Waals surface area contributed by atoms with Crippen molar-refractivity contribution in [3.63, 3.8) is 0 Å². The lowest BCUT2D eigenvalue weighted by Gasteiger charge is -2.18. The second-order valence-electron chi connectivity index (χ2n) is 4.86. The maximum absolute atomic E-state index is 13.2. The molecule has 0 saturated carbocycles. The molecule has 1 aromatic carbocycles. The molecule has 1 N–H and O–H groups in total. The fourth-order valence-corrected chi connectivity index (χ4v) is 2.07. The minimum absolute atomic E-state index is 0.309. The molecule has 0 aliphatic carbocycles. The summed E-state index contributed by atoms with van der Waals surface area (Å²) in [6, 6.07) is 3.91. The van der Waals surface area contributed by atoms with E-state index >= 15 is 0 Å². The van der Waals surface area contributed by atoms with Crippen molar-refractivity contribution in [2.45, 2.75) is 32.9 Å². The van der Waals surface area contributed by atoms with E-state index in [0.29, 0.717) is 29.5 Å². The molecule has 1 rings (SSSR count). The molecule has 1 atom stereocenters. The van der Waals surface area contributed by atoms with E-state index in [9.17, 15) is 9.18 Å². The lowest BCUT2D eigenvalue weighted by molar-refractivity contribution is -0.143. The average molecular weight is 288 g/mol. The zero-order valence-corrected chi connectivity index (χ0v) is 12.1. The van der Waals surface area contributed by atoms with Gasteiger partial charge in [-0.3, -0.25) is 4.79 Å². The summed E-state index contributed by atoms with van der Waals surface area (Å²) in [6.45, 7) is 4.41. The Labute approximate surface area is 118 Å². The van der Waals surface area contributed by atoms with Gasteiger partial charge in [0.05, 0.1) is 7.11 Å². The highest BCUT2D eigenvalue weighted by atomic mass is 35.5. The minimum atomic E-state index is -0.396. The predicted octanol–water partition coefficient (Wildman–Crippen LogP) is 3.16. The van der Waals surface area contributed by atoms with Crippen LogP contribution in [0.1, 0.15) is 25.8 Å². The number of nitrogens with one attached hydrogen (secondary N) is 1. The van der Waals surface area contributed by atoms with Gasteiger partial charge in [-0.15, -0.1) is 0 Å². The summed E-state index contributed by atoms with van der Waals surface area (Å²) in [5.74, 6) is -0.341. The van der Waals surface area contributed by atoms with Crippen LogP contribution in [-0.4, -0.2) is 19.1 Å². The van der Waals surface area contributed by atoms with E-state index < -0.39 is 6.04 Å². The summed E-state index contributed by atoms with van der Waals surface area (Å²) < 4.78 is 17.9. The Morgan fingerprint density at radius 1 is 1.42 bits per heavy atom. The number of hydrogen-bond acceptors (Lipinski definition) is 3. The standard InChI is InChI=1S/C14H19ClFNO2/c1-9(2)4-13(14(18)19-3)17-8-10-5-11(15)7-12(16)6-10/h5-7,9,13,17H,4,8H2,1-3H3. The third kappa shape index (κ3) is 5.57. The van der Waals surface area contributed by atoms with Gasteiger partial charge in [0.25, 0.3) is 0 Å². The SMILES string of the molecule is COC(=O)C(CC(C)C)NCc1cc(F)cc(Cl)c1. The van der Waals surface area contributed by atoms with E-state index in [2.05, 4.69) is 5.32 Å². The summed E-state index contributed by atoms with van der Waals surface area (Å²) in [5, 5.41) is 3.42. The molecule has 1 unspecified atom stereocenters. The summed E-state index contributed by atoms with van der Waals surface area (Å²) in [4.78, 5) is 11.6. The molecule has 0 aliphatic heterocycles. The molecule has 0 aliphatic rings. The number of carbonyl (C=O) groups is 1. The molecule has 0 heterocycles. The number of halogens is 2. The monoisotopic (exact) mass is 287 g/mol. The summed E-state index contributed by atoms with van der Waals surface area (Å²) in [7, 11) is 1.36. The smallest absolute Gasteiger partial charge is 0.322 e. The van der Waals surface area contributed by atoms with Crippen molar-refractivity contribution in [1.29, 1.82) is 0 Å². The molecule has 0 bridgehead atoms. The second-order valence-corrected chi connectivity index (χ2v) is 5.30. The summed E-state index contributed by atoms with van der Waals surface area (Å²) >= 11 is 5.78. The summed E-state index contributed by atoms with van der Waals surface area (Å²) in [6.07, 6.45) is 0.662. The Morgan fingerprint density at radius 2 is 2.11 bits per heavy atom. The van der Waals surface area contributed by atoms with Crippen molar-refractivity contribution in [1.82, 2.24) is 5.32 Å². The van der Waals surface area contributed by atoms with Gasteiger partial charge >= 0.3 is 5.97 Å². The third-order valence-electron chi connectivity index (χ3n) is 2.67. The zero-order chi connectivity index (χ0) is 14.4. The molecule has 0 fully saturated rings. The van der Waals surface area contributed by atoms with Crippen LogP contribution in [-0.2, 0) is 16.1 Å². The largest absolute Gasteiger partial charge is 0.468 e. The highest BCUT2D eigenvalue weighted by Gasteiger charge is 2.19. The van der Waals surface area contributed by atoms with Crippen LogP contribution in [0.3, 0.4) is 0 Å². The number of methoxy groups -OCH3 is 1. The lowest BCUT2D eigenvalue weighted by Crippen LogP contribution is -2.38. The van der Waals surface area contributed by atoms with Crippen LogP contribution in [0.4, 0.5) is 4.39 Å². The van der Waals surface area contributed by atoms with Crippen molar-refractivity contribution in [2.75, 3.05) is 7.11 Å². The number of esters is 1. The van der Waals surface area contributed by atoms with Gasteiger partial charge in [0.15, 0.2) is 0 Å². The molecule has 3 nitrogen and oxygen atoms in total. The quantitative estimate of drug-likeness (QED) is 0.817. The second kappa shape index (κ2) is 7.46. The fraction of sp³-hybridized carbons (Fsp3) is 0.500. The molecular formula is C14H19ClFNO2. The van der Waals surface area contributed by atoms with Crippen LogP contribution in [0.25, 0.3) is 0 Å². The normalized spacial score (nSPS) is 12.5. The maximum Gasteiger partial charge on any atom is 0.322 e. The molecule has 106 valence electrons. The van der Waals surface area contributed by atoms with Crippen molar-refractivity contribution >= 4 is 17.6 Å². The maximum atomic E-state index is 13.2. The van der Waals surface area contributed by atoms with Gasteiger partial charge in [-0.2, -0.15) is 0 Å². The van der Waals surface area contributed by atoms with Crippen molar-refractivity contribution in [3.05, 3.63) is 34.6 Å². The van der Waals surface area contributed by atoms with Crippen molar-refractivity contribution in [3.8, 4) is 0 Å². The van der Waals surface area contributed by atoms with Gasteiger partial charge in [-0.05, 0) is 36.1 Å². The van der Waals surface area contributed by atoms with Crippen LogP contribution < -0.4 is 5.32 Å². The lowest BCUT2D eigenvalue weighted by atomic mass is 10.0. The molecule has 0 aromatic heterocycles. The molecule has 0 radical (unpaired) electrons. The molecule has 0 saturated heterocycles. The fourth-order valence-electron chi connectivity index (χ4n) is 1.83. The van der Waals surface area contributed by atoms with E-state index in [1.807, 2.05) is 13.8 Å². The van der Waals surface area contributed by atoms with Crippen molar-refractivity contribution in [2.24, 2.45) is 5.92 Å². The highest BCUT2D eigenvalue weighted by molar-refractivity contribution is 6.30. The van der Waals surface area contributed by atoms with E-state index in [-0.39, 0.29) is 11.8 Å². The average Bonchev–Trinajstić information content (AvgIpc) is 2.31. The first-order valence-corrected chi connectivity index (χ1v) is 6.56. The van der Waals surface area contributed by atoms with Gasteiger partial charge < -0.3 is 10.1 Å². The van der Waals surface area contributed by atoms with E-state index in [0.717, 1.165) is 0 Å². The first-order chi connectivity index (χ1) is 8.92. The topological polar surface area (TPSA) is 38.3 Å². The first-order valence-electron chi connectivity index (χ1n) is 6.18. The number of rotatable bonds is 6. The van der Waals surface area contributed by atoms with Gasteiger partial charge in [0.1, 0.15) is 11.9 Å². The van der Waals surface area contributed by atoms with Gasteiger partial charge in [-0.25, -0.2) is 4.39 Å². The predicted molar refractivity (Wildman–Crippen MR) is 73.5 cm³/mol. The molecule has 19 heavy (non-hydrogen) atoms. The highest BCUT2D eigenvalue weighted by Crippen LogP contribution is 2.15. The van der Waals surface area contributed by atoms with Gasteiger partial charge in [0, 0.05) is 11.6 Å². The number of carbonyl (C=O) groups excluding carboxylic acids is 1. The number of benzene rings is 1. The summed E-state index contributed by atoms with van der Waals surface area (Å²) in [5.41, 5.74) is 0.697. The Hall–Kier alpha value is -1.13. The van der Waals surface area contributed by atoms with Gasteiger partial charge in [-0.1, -0.05) is 25.4 Å². The minimum Gasteiger partial charge on any atom is -0.468 e. The Bertz CT molecular complexity index is 417. The van der Waals surface area contributed by atoms with Crippen LogP contribution >= 0.6 is 11.6 Å². The van der Waals surface area contributed by atoms with Gasteiger partial charge in [0.2, 0.25) is 0 Å². The Morgan fingerprint density at radius 3 is 2.63 bits per heavy atom. The first kappa shape index (κ1) is 15.9. The van der Waals surface area contributed by atoms with E-state index in [4.69, 9.17) is 16.3 Å². The molecular weight excluding hydrogens is 269 g/mol. The number of ether oxygens (including phenoxy) is 1. The zero-order valence-electron chi connectivity index (χ0n) is 11.4.